The van der Waals surface area contributed by atoms with Crippen molar-refractivity contribution < 1.29 is 13.2 Å². The molecule has 0 bridgehead atoms. The highest BCUT2D eigenvalue weighted by atomic mass is 35.5. The first kappa shape index (κ1) is 18.1. The predicted molar refractivity (Wildman–Crippen MR) is 86.5 cm³/mol. The number of nitrogens with one attached hydrogen (secondary N) is 1. The summed E-state index contributed by atoms with van der Waals surface area (Å²) in [5, 5.41) is 3.36. The third kappa shape index (κ3) is 5.73. The fraction of sp³-hybridized carbons (Fsp3) is 0.462. The monoisotopic (exact) mass is 352 g/mol. The third-order valence-electron chi connectivity index (χ3n) is 2.67. The standard InChI is InChI=1S/C13H18Cl2N2O3S/c1-9(2)13(18)16-4-5-17(21(3,19)20)12-7-10(14)6-11(15)8-12/h6-9H,4-5H2,1-3H3,(H,16,18). The second kappa shape index (κ2) is 7.33. The fourth-order valence-electron chi connectivity index (χ4n) is 1.65. The van der Waals surface area contributed by atoms with Crippen LogP contribution in [-0.2, 0) is 14.8 Å². The SMILES string of the molecule is CC(C)C(=O)NCCN(c1cc(Cl)cc(Cl)c1)S(C)(=O)=O. The number of hydrogen-bond donors (Lipinski definition) is 1. The molecule has 0 aliphatic carbocycles. The highest BCUT2D eigenvalue weighted by Gasteiger charge is 2.18. The van der Waals surface area contributed by atoms with Crippen LogP contribution in [-0.4, -0.2) is 33.7 Å². The van der Waals surface area contributed by atoms with Crippen molar-refractivity contribution in [3.05, 3.63) is 28.2 Å². The van der Waals surface area contributed by atoms with Gasteiger partial charge in [-0.25, -0.2) is 8.42 Å². The van der Waals surface area contributed by atoms with Crippen LogP contribution in [0.3, 0.4) is 0 Å². The number of halogens is 2. The molecule has 0 saturated carbocycles. The van der Waals surface area contributed by atoms with E-state index in [1.807, 2.05) is 0 Å². The average molecular weight is 353 g/mol. The summed E-state index contributed by atoms with van der Waals surface area (Å²) in [5.41, 5.74) is 0.369. The van der Waals surface area contributed by atoms with E-state index in [2.05, 4.69) is 5.32 Å². The molecule has 0 fully saturated rings. The first-order valence-corrected chi connectivity index (χ1v) is 8.93. The van der Waals surface area contributed by atoms with Crippen molar-refractivity contribution in [3.8, 4) is 0 Å². The summed E-state index contributed by atoms with van der Waals surface area (Å²) in [6.45, 7) is 3.84. The molecule has 21 heavy (non-hydrogen) atoms. The molecule has 1 N–H and O–H groups in total. The minimum atomic E-state index is -3.50. The molecule has 0 aromatic heterocycles. The van der Waals surface area contributed by atoms with Gasteiger partial charge in [-0.1, -0.05) is 37.0 Å². The quantitative estimate of drug-likeness (QED) is 0.855. The average Bonchev–Trinajstić information content (AvgIpc) is 2.31. The van der Waals surface area contributed by atoms with Crippen molar-refractivity contribution >= 4 is 44.8 Å². The maximum absolute atomic E-state index is 11.9. The Bertz CT molecular complexity index is 598. The van der Waals surface area contributed by atoms with Gasteiger partial charge >= 0.3 is 0 Å². The Morgan fingerprint density at radius 2 is 1.76 bits per heavy atom. The van der Waals surface area contributed by atoms with Crippen LogP contribution >= 0.6 is 23.2 Å². The Labute approximate surface area is 135 Å². The summed E-state index contributed by atoms with van der Waals surface area (Å²) in [6, 6.07) is 4.55. The van der Waals surface area contributed by atoms with E-state index < -0.39 is 10.0 Å². The van der Waals surface area contributed by atoms with Gasteiger partial charge in [0.1, 0.15) is 0 Å². The molecule has 0 unspecified atom stereocenters. The van der Waals surface area contributed by atoms with E-state index >= 15 is 0 Å². The molecule has 8 heteroatoms. The van der Waals surface area contributed by atoms with E-state index in [0.717, 1.165) is 10.6 Å². The number of carbonyl (C=O) groups excluding carboxylic acids is 1. The number of nitrogens with zero attached hydrogens (tertiary/aromatic N) is 1. The third-order valence-corrected chi connectivity index (χ3v) is 4.30. The number of anilines is 1. The summed E-state index contributed by atoms with van der Waals surface area (Å²) in [5.74, 6) is -0.287. The highest BCUT2D eigenvalue weighted by Crippen LogP contribution is 2.26. The van der Waals surface area contributed by atoms with Gasteiger partial charge in [-0.05, 0) is 18.2 Å². The lowest BCUT2D eigenvalue weighted by Gasteiger charge is -2.23. The minimum Gasteiger partial charge on any atom is -0.354 e. The molecule has 118 valence electrons. The molecule has 1 amide bonds. The van der Waals surface area contributed by atoms with Crippen molar-refractivity contribution in [1.82, 2.24) is 5.32 Å². The summed E-state index contributed by atoms with van der Waals surface area (Å²) < 4.78 is 24.9. The number of sulfonamides is 1. The Hall–Kier alpha value is -0.980. The van der Waals surface area contributed by atoms with Gasteiger partial charge in [0.15, 0.2) is 0 Å². The van der Waals surface area contributed by atoms with Gasteiger partial charge in [0.05, 0.1) is 18.5 Å². The molecule has 5 nitrogen and oxygen atoms in total. The molecule has 0 aliphatic heterocycles. The number of carbonyl (C=O) groups is 1. The molecule has 0 saturated heterocycles. The number of amides is 1. The molecule has 1 aromatic carbocycles. The molecular weight excluding hydrogens is 335 g/mol. The highest BCUT2D eigenvalue weighted by molar-refractivity contribution is 7.92. The fourth-order valence-corrected chi connectivity index (χ4v) is 3.08. The summed E-state index contributed by atoms with van der Waals surface area (Å²) in [7, 11) is -3.50. The normalized spacial score (nSPS) is 11.5. The Morgan fingerprint density at radius 3 is 2.19 bits per heavy atom. The van der Waals surface area contributed by atoms with Crippen molar-refractivity contribution in [2.75, 3.05) is 23.7 Å². The Morgan fingerprint density at radius 1 is 1.24 bits per heavy atom. The van der Waals surface area contributed by atoms with Crippen LogP contribution in [0.2, 0.25) is 10.0 Å². The molecule has 1 rings (SSSR count). The smallest absolute Gasteiger partial charge is 0.232 e. The van der Waals surface area contributed by atoms with E-state index in [1.54, 1.807) is 13.8 Å². The maximum atomic E-state index is 11.9. The second-order valence-corrected chi connectivity index (χ2v) is 7.69. The van der Waals surface area contributed by atoms with Gasteiger partial charge in [0, 0.05) is 22.5 Å². The summed E-state index contributed by atoms with van der Waals surface area (Å²) in [4.78, 5) is 11.5. The first-order chi connectivity index (χ1) is 9.61. The van der Waals surface area contributed by atoms with Crippen LogP contribution in [0.25, 0.3) is 0 Å². The molecule has 0 radical (unpaired) electrons. The topological polar surface area (TPSA) is 66.5 Å². The van der Waals surface area contributed by atoms with Gasteiger partial charge in [-0.3, -0.25) is 9.10 Å². The van der Waals surface area contributed by atoms with E-state index in [4.69, 9.17) is 23.2 Å². The van der Waals surface area contributed by atoms with E-state index in [9.17, 15) is 13.2 Å². The number of benzene rings is 1. The zero-order valence-corrected chi connectivity index (χ0v) is 14.4. The Balaban J connectivity index is 2.90. The zero-order valence-electron chi connectivity index (χ0n) is 12.1. The van der Waals surface area contributed by atoms with Crippen molar-refractivity contribution in [3.63, 3.8) is 0 Å². The zero-order chi connectivity index (χ0) is 16.2. The predicted octanol–water partition coefficient (Wildman–Crippen LogP) is 2.53. The minimum absolute atomic E-state index is 0.105. The lowest BCUT2D eigenvalue weighted by molar-refractivity contribution is -0.123. The van der Waals surface area contributed by atoms with E-state index in [0.29, 0.717) is 15.7 Å². The molecule has 0 aliphatic rings. The molecule has 0 spiro atoms. The van der Waals surface area contributed by atoms with Crippen LogP contribution < -0.4 is 9.62 Å². The second-order valence-electron chi connectivity index (χ2n) is 4.91. The van der Waals surface area contributed by atoms with Crippen molar-refractivity contribution in [2.45, 2.75) is 13.8 Å². The van der Waals surface area contributed by atoms with Gasteiger partial charge in [0.25, 0.3) is 0 Å². The molecule has 0 heterocycles. The van der Waals surface area contributed by atoms with Crippen LogP contribution in [0.5, 0.6) is 0 Å². The van der Waals surface area contributed by atoms with Crippen LogP contribution in [0.4, 0.5) is 5.69 Å². The van der Waals surface area contributed by atoms with Gasteiger partial charge in [-0.2, -0.15) is 0 Å². The van der Waals surface area contributed by atoms with Crippen LogP contribution in [0.15, 0.2) is 18.2 Å². The van der Waals surface area contributed by atoms with Gasteiger partial charge in [-0.15, -0.1) is 0 Å². The molecular formula is C13H18Cl2N2O3S. The van der Waals surface area contributed by atoms with Crippen molar-refractivity contribution in [2.24, 2.45) is 5.92 Å². The first-order valence-electron chi connectivity index (χ1n) is 6.33. The summed E-state index contributed by atoms with van der Waals surface area (Å²) >= 11 is 11.8. The van der Waals surface area contributed by atoms with Crippen LogP contribution in [0.1, 0.15) is 13.8 Å². The maximum Gasteiger partial charge on any atom is 0.232 e. The number of rotatable bonds is 6. The van der Waals surface area contributed by atoms with Gasteiger partial charge < -0.3 is 5.32 Å². The van der Waals surface area contributed by atoms with Crippen molar-refractivity contribution in [1.29, 1.82) is 0 Å². The van der Waals surface area contributed by atoms with E-state index in [-0.39, 0.29) is 24.9 Å². The largest absolute Gasteiger partial charge is 0.354 e. The summed E-state index contributed by atoms with van der Waals surface area (Å²) in [6.07, 6.45) is 1.09. The molecule has 1 aromatic rings. The van der Waals surface area contributed by atoms with E-state index in [1.165, 1.54) is 18.2 Å². The lowest BCUT2D eigenvalue weighted by Crippen LogP contribution is -2.39. The number of hydrogen-bond acceptors (Lipinski definition) is 3. The molecule has 0 atom stereocenters. The Kier molecular flexibility index (Phi) is 6.31. The lowest BCUT2D eigenvalue weighted by atomic mass is 10.2. The van der Waals surface area contributed by atoms with Gasteiger partial charge in [0.2, 0.25) is 15.9 Å². The van der Waals surface area contributed by atoms with Crippen LogP contribution in [0, 0.1) is 5.92 Å².